The van der Waals surface area contributed by atoms with Crippen molar-refractivity contribution in [1.29, 1.82) is 0 Å². The first-order valence-corrected chi connectivity index (χ1v) is 25.4. The van der Waals surface area contributed by atoms with Gasteiger partial charge in [0.15, 0.2) is 6.29 Å². The fourth-order valence-corrected chi connectivity index (χ4v) is 9.40. The van der Waals surface area contributed by atoms with Gasteiger partial charge < -0.3 is 52.6 Å². The highest BCUT2D eigenvalue weighted by Crippen LogP contribution is 2.51. The number of ether oxygens (including phenoxy) is 9. The van der Waals surface area contributed by atoms with Crippen LogP contribution in [0.25, 0.3) is 0 Å². The number of hydrogen-bond donors (Lipinski definition) is 2. The second-order valence-electron chi connectivity index (χ2n) is 17.4. The second kappa shape index (κ2) is 27.0. The monoisotopic (exact) mass is 1000 g/mol. The van der Waals surface area contributed by atoms with Gasteiger partial charge in [-0.05, 0) is 33.4 Å². The Morgan fingerprint density at radius 3 is 1.18 bits per heavy atom. The molecule has 0 bridgehead atoms. The Bertz CT molecular complexity index is 2530. The quantitative estimate of drug-likeness (QED) is 0.0411. The first-order valence-electron chi connectivity index (χ1n) is 23.9. The smallest absolute Gasteiger partial charge is 0.433 e. The number of carbonyl (C=O) groups is 1. The van der Waals surface area contributed by atoms with Crippen LogP contribution in [0.2, 0.25) is 0 Å². The number of phosphoric acid groups is 1. The Morgan fingerprint density at radius 2 is 0.778 bits per heavy atom. The van der Waals surface area contributed by atoms with Gasteiger partial charge in [-0.3, -0.25) is 13.8 Å². The highest BCUT2D eigenvalue weighted by atomic mass is 31.2. The molecule has 16 heteroatoms. The number of esters is 1. The summed E-state index contributed by atoms with van der Waals surface area (Å²) >= 11 is 0. The molecule has 2 aliphatic rings. The summed E-state index contributed by atoms with van der Waals surface area (Å²) in [7, 11) is -5.36. The minimum Gasteiger partial charge on any atom is -0.433 e. The van der Waals surface area contributed by atoms with Gasteiger partial charge in [-0.2, -0.15) is 0 Å². The van der Waals surface area contributed by atoms with Gasteiger partial charge >= 0.3 is 13.8 Å². The normalized spacial score (nSPS) is 25.0. The van der Waals surface area contributed by atoms with Crippen molar-refractivity contribution in [3.63, 3.8) is 0 Å². The molecular weight excluding hydrogens is 944 g/mol. The topological polar surface area (TPSA) is 176 Å². The van der Waals surface area contributed by atoms with Gasteiger partial charge in [0.05, 0.1) is 52.9 Å². The fourth-order valence-electron chi connectivity index (χ4n) is 8.36. The summed E-state index contributed by atoms with van der Waals surface area (Å²) in [5, 5.41) is 12.1. The third-order valence-electron chi connectivity index (χ3n) is 11.9. The van der Waals surface area contributed by atoms with Gasteiger partial charge in [0.25, 0.3) is 0 Å². The van der Waals surface area contributed by atoms with E-state index in [2.05, 4.69) is 0 Å². The van der Waals surface area contributed by atoms with Crippen molar-refractivity contribution >= 4 is 13.8 Å². The molecule has 2 unspecified atom stereocenters. The number of hydrogen-bond acceptors (Lipinski definition) is 14. The summed E-state index contributed by atoms with van der Waals surface area (Å²) in [6.07, 6.45) is -13.3. The summed E-state index contributed by atoms with van der Waals surface area (Å²) in [5.74, 6) is -0.667. The third-order valence-corrected chi connectivity index (χ3v) is 12.9. The van der Waals surface area contributed by atoms with Crippen LogP contribution in [0.3, 0.4) is 0 Å². The SMILES string of the molecule is CC(=O)OC1O[C@H](COCc2ccccc2)[C@@H](OP(=O)(O)O[C@H]2O[C@H](COCc3ccccc3)[C@@H](O)[C@H](OCc3ccccc3)[C@H]2OCc2ccccc2)[C@H](OCc2ccccc2)[C@H]1OCc1ccccc1. The molecule has 72 heavy (non-hydrogen) atoms. The van der Waals surface area contributed by atoms with Crippen LogP contribution >= 0.6 is 7.82 Å². The molecule has 0 spiro atoms. The van der Waals surface area contributed by atoms with Crippen LogP contribution in [0, 0.1) is 0 Å². The van der Waals surface area contributed by atoms with Crippen LogP contribution in [-0.2, 0) is 101 Å². The molecule has 0 saturated carbocycles. The van der Waals surface area contributed by atoms with Crippen LogP contribution < -0.4 is 0 Å². The van der Waals surface area contributed by atoms with Gasteiger partial charge in [-0.1, -0.05) is 182 Å². The minimum atomic E-state index is -5.36. The zero-order valence-electron chi connectivity index (χ0n) is 39.9. The van der Waals surface area contributed by atoms with E-state index < -0.39 is 75.2 Å². The Hall–Kier alpha value is -5.46. The lowest BCUT2D eigenvalue weighted by Crippen LogP contribution is -2.62. The van der Waals surface area contributed by atoms with E-state index in [1.54, 1.807) is 0 Å². The molecule has 8 rings (SSSR count). The number of phosphoric ester groups is 1. The average Bonchev–Trinajstić information content (AvgIpc) is 3.40. The first-order chi connectivity index (χ1) is 35.2. The molecule has 2 N–H and O–H groups in total. The van der Waals surface area contributed by atoms with Crippen molar-refractivity contribution in [3.8, 4) is 0 Å². The molecule has 6 aromatic carbocycles. The molecule has 2 fully saturated rings. The van der Waals surface area contributed by atoms with E-state index in [0.29, 0.717) is 0 Å². The lowest BCUT2D eigenvalue weighted by molar-refractivity contribution is -0.317. The second-order valence-corrected chi connectivity index (χ2v) is 18.7. The Morgan fingerprint density at radius 1 is 0.444 bits per heavy atom. The van der Waals surface area contributed by atoms with E-state index in [-0.39, 0.29) is 52.9 Å². The number of aliphatic hydroxyl groups is 1. The number of benzene rings is 6. The first kappa shape index (κ1) is 52.9. The molecule has 380 valence electrons. The van der Waals surface area contributed by atoms with E-state index in [9.17, 15) is 14.8 Å². The Kier molecular flexibility index (Phi) is 19.8. The van der Waals surface area contributed by atoms with Crippen molar-refractivity contribution < 1.29 is 71.0 Å². The van der Waals surface area contributed by atoms with Crippen LogP contribution in [0.1, 0.15) is 40.3 Å². The van der Waals surface area contributed by atoms with Gasteiger partial charge in [0.2, 0.25) is 6.29 Å². The maximum atomic E-state index is 15.0. The largest absolute Gasteiger partial charge is 0.475 e. The zero-order chi connectivity index (χ0) is 50.0. The van der Waals surface area contributed by atoms with Crippen molar-refractivity contribution in [1.82, 2.24) is 0 Å². The van der Waals surface area contributed by atoms with Crippen molar-refractivity contribution in [2.75, 3.05) is 13.2 Å². The van der Waals surface area contributed by atoms with Crippen LogP contribution in [0.15, 0.2) is 182 Å². The Labute approximate surface area is 420 Å². The average molecular weight is 1010 g/mol. The highest BCUT2D eigenvalue weighted by Gasteiger charge is 2.55. The predicted molar refractivity (Wildman–Crippen MR) is 263 cm³/mol. The predicted octanol–water partition coefficient (Wildman–Crippen LogP) is 8.64. The fraction of sp³-hybridized carbons (Fsp3) is 0.339. The zero-order valence-corrected chi connectivity index (χ0v) is 40.8. The highest BCUT2D eigenvalue weighted by molar-refractivity contribution is 7.47. The van der Waals surface area contributed by atoms with Gasteiger partial charge in [0, 0.05) is 6.92 Å². The van der Waals surface area contributed by atoms with Gasteiger partial charge in [-0.25, -0.2) is 4.57 Å². The molecule has 2 aliphatic heterocycles. The molecule has 11 atom stereocenters. The van der Waals surface area contributed by atoms with Crippen molar-refractivity contribution in [3.05, 3.63) is 215 Å². The van der Waals surface area contributed by atoms with Crippen LogP contribution in [-0.4, -0.2) is 90.6 Å². The molecule has 0 amide bonds. The Balaban J connectivity index is 1.12. The molecule has 2 heterocycles. The van der Waals surface area contributed by atoms with Gasteiger partial charge in [0.1, 0.15) is 48.8 Å². The third kappa shape index (κ3) is 15.8. The van der Waals surface area contributed by atoms with Crippen LogP contribution in [0.5, 0.6) is 0 Å². The van der Waals surface area contributed by atoms with Gasteiger partial charge in [-0.15, -0.1) is 0 Å². The van der Waals surface area contributed by atoms with E-state index in [1.807, 2.05) is 182 Å². The maximum Gasteiger partial charge on any atom is 0.475 e. The van der Waals surface area contributed by atoms with Crippen molar-refractivity contribution in [2.45, 2.75) is 108 Å². The molecule has 0 aromatic heterocycles. The summed E-state index contributed by atoms with van der Waals surface area (Å²) in [6.45, 7) is 1.22. The standard InChI is InChI=1S/C56H61O15P/c1-40(57)67-55-54(66-37-46-30-18-7-19-31-46)52(64-35-44-26-14-5-15-27-44)50(48(69-55)39-62-33-42-22-10-3-11-23-42)70-72(59,60)71-56-53(65-36-45-28-16-6-17-29-45)51(63-34-43-24-12-4-13-25-43)49(58)47(68-56)38-61-32-41-20-8-2-9-21-41/h2-31,47-56,58H,32-39H2,1H3,(H,59,60)/t47-,48-,49-,50-,51+,52+,53-,54-,55?,56-/m1/s1. The van der Waals surface area contributed by atoms with Crippen molar-refractivity contribution in [2.24, 2.45) is 0 Å². The summed E-state index contributed by atoms with van der Waals surface area (Å²) in [4.78, 5) is 24.9. The lowest BCUT2D eigenvalue weighted by atomic mass is 9.98. The van der Waals surface area contributed by atoms with Crippen LogP contribution in [0.4, 0.5) is 0 Å². The molecular formula is C56H61O15P. The summed E-state index contributed by atoms with van der Waals surface area (Å²) in [6, 6.07) is 56.1. The number of carbonyl (C=O) groups excluding carboxylic acids is 1. The number of rotatable bonds is 25. The molecule has 0 radical (unpaired) electrons. The lowest BCUT2D eigenvalue weighted by Gasteiger charge is -2.46. The van der Waals surface area contributed by atoms with E-state index >= 15 is 4.57 Å². The summed E-state index contributed by atoms with van der Waals surface area (Å²) in [5.41, 5.74) is 4.86. The number of aliphatic hydroxyl groups excluding tert-OH is 1. The maximum absolute atomic E-state index is 15.0. The molecule has 15 nitrogen and oxygen atoms in total. The molecule has 2 saturated heterocycles. The molecule has 6 aromatic rings. The van der Waals surface area contributed by atoms with E-state index in [0.717, 1.165) is 33.4 Å². The van der Waals surface area contributed by atoms with E-state index in [1.165, 1.54) is 6.92 Å². The van der Waals surface area contributed by atoms with E-state index in [4.69, 9.17) is 51.7 Å². The minimum absolute atomic E-state index is 0.0108. The molecule has 0 aliphatic carbocycles. The summed E-state index contributed by atoms with van der Waals surface area (Å²) < 4.78 is 84.4.